The molecule has 0 saturated carbocycles. The first kappa shape index (κ1) is 8.48. The van der Waals surface area contributed by atoms with Crippen molar-refractivity contribution in [3.05, 3.63) is 0 Å². The molecule has 3 heteroatoms. The van der Waals surface area contributed by atoms with E-state index in [1.54, 1.807) is 0 Å². The van der Waals surface area contributed by atoms with Crippen LogP contribution in [0.1, 0.15) is 13.8 Å². The van der Waals surface area contributed by atoms with Gasteiger partial charge in [-0.05, 0) is 13.8 Å². The van der Waals surface area contributed by atoms with E-state index in [1.165, 1.54) is 0 Å². The summed E-state index contributed by atoms with van der Waals surface area (Å²) >= 11 is 0. The molecule has 3 heterocycles. The van der Waals surface area contributed by atoms with E-state index in [9.17, 15) is 0 Å². The van der Waals surface area contributed by atoms with Crippen LogP contribution in [0.5, 0.6) is 0 Å². The zero-order valence-electron chi connectivity index (χ0n) is 7.82. The highest BCUT2D eigenvalue weighted by Gasteiger charge is 2.33. The molecule has 3 nitrogen and oxygen atoms in total. The SMILES string of the molecule is CC(C)N1CC2COCC1CO2. The van der Waals surface area contributed by atoms with E-state index in [0.717, 1.165) is 26.4 Å². The molecular weight excluding hydrogens is 154 g/mol. The average molecular weight is 171 g/mol. The lowest BCUT2D eigenvalue weighted by Crippen LogP contribution is -2.52. The molecule has 12 heavy (non-hydrogen) atoms. The van der Waals surface area contributed by atoms with E-state index in [-0.39, 0.29) is 0 Å². The molecule has 0 spiro atoms. The van der Waals surface area contributed by atoms with Gasteiger partial charge in [-0.1, -0.05) is 0 Å². The molecule has 0 amide bonds. The van der Waals surface area contributed by atoms with Crippen molar-refractivity contribution in [3.8, 4) is 0 Å². The molecule has 0 radical (unpaired) electrons. The number of rotatable bonds is 1. The lowest BCUT2D eigenvalue weighted by Gasteiger charge is -2.38. The third-order valence-electron chi connectivity index (χ3n) is 2.69. The van der Waals surface area contributed by atoms with Crippen LogP contribution in [-0.4, -0.2) is 49.5 Å². The van der Waals surface area contributed by atoms with Gasteiger partial charge in [-0.25, -0.2) is 0 Å². The molecule has 3 rings (SSSR count). The topological polar surface area (TPSA) is 21.7 Å². The van der Waals surface area contributed by atoms with Crippen molar-refractivity contribution in [2.24, 2.45) is 0 Å². The monoisotopic (exact) mass is 171 g/mol. The lowest BCUT2D eigenvalue weighted by atomic mass is 10.1. The Labute approximate surface area is 73.6 Å². The predicted octanol–water partition coefficient (Wildman–Crippen LogP) is 0.494. The molecule has 0 aliphatic carbocycles. The zero-order valence-corrected chi connectivity index (χ0v) is 7.82. The van der Waals surface area contributed by atoms with E-state index >= 15 is 0 Å². The molecule has 0 N–H and O–H groups in total. The molecule has 0 aromatic carbocycles. The van der Waals surface area contributed by atoms with Crippen molar-refractivity contribution in [1.82, 2.24) is 4.90 Å². The third-order valence-corrected chi connectivity index (χ3v) is 2.69. The summed E-state index contributed by atoms with van der Waals surface area (Å²) in [5.41, 5.74) is 0. The van der Waals surface area contributed by atoms with Crippen LogP contribution < -0.4 is 0 Å². The molecule has 3 saturated heterocycles. The number of fused-ring (bicyclic) bond motifs is 4. The Balaban J connectivity index is 2.06. The summed E-state index contributed by atoms with van der Waals surface area (Å²) in [7, 11) is 0. The van der Waals surface area contributed by atoms with Crippen molar-refractivity contribution < 1.29 is 9.47 Å². The van der Waals surface area contributed by atoms with Gasteiger partial charge in [-0.15, -0.1) is 0 Å². The number of hydrogen-bond donors (Lipinski definition) is 0. The maximum Gasteiger partial charge on any atom is 0.0936 e. The fourth-order valence-corrected chi connectivity index (χ4v) is 1.99. The van der Waals surface area contributed by atoms with Gasteiger partial charge in [0.25, 0.3) is 0 Å². The molecule has 3 aliphatic rings. The molecule has 3 fully saturated rings. The maximum absolute atomic E-state index is 5.62. The van der Waals surface area contributed by atoms with Crippen LogP contribution in [-0.2, 0) is 9.47 Å². The molecule has 70 valence electrons. The van der Waals surface area contributed by atoms with Gasteiger partial charge >= 0.3 is 0 Å². The normalized spacial score (nSPS) is 37.2. The van der Waals surface area contributed by atoms with Gasteiger partial charge in [0.05, 0.1) is 32.0 Å². The molecule has 2 atom stereocenters. The number of hydrogen-bond acceptors (Lipinski definition) is 3. The van der Waals surface area contributed by atoms with E-state index < -0.39 is 0 Å². The highest BCUT2D eigenvalue weighted by molar-refractivity contribution is 4.84. The summed E-state index contributed by atoms with van der Waals surface area (Å²) in [6.45, 7) is 7.99. The van der Waals surface area contributed by atoms with Crippen molar-refractivity contribution >= 4 is 0 Å². The van der Waals surface area contributed by atoms with E-state index in [1.807, 2.05) is 0 Å². The summed E-state index contributed by atoms with van der Waals surface area (Å²) in [6, 6.07) is 1.10. The van der Waals surface area contributed by atoms with Gasteiger partial charge in [-0.2, -0.15) is 0 Å². The Hall–Kier alpha value is -0.120. The molecule has 2 unspecified atom stereocenters. The van der Waals surface area contributed by atoms with E-state index in [4.69, 9.17) is 9.47 Å². The van der Waals surface area contributed by atoms with Gasteiger partial charge < -0.3 is 9.47 Å². The molecule has 3 aliphatic heterocycles. The van der Waals surface area contributed by atoms with Gasteiger partial charge in [0.2, 0.25) is 0 Å². The number of ether oxygens (including phenoxy) is 2. The molecule has 0 aromatic rings. The Bertz CT molecular complexity index is 157. The summed E-state index contributed by atoms with van der Waals surface area (Å²) in [5, 5.41) is 0. The maximum atomic E-state index is 5.62. The Morgan fingerprint density at radius 2 is 2.08 bits per heavy atom. The largest absolute Gasteiger partial charge is 0.377 e. The van der Waals surface area contributed by atoms with Gasteiger partial charge in [0.15, 0.2) is 0 Å². The van der Waals surface area contributed by atoms with Crippen LogP contribution in [0.25, 0.3) is 0 Å². The molecular formula is C9H17NO2. The second-order valence-electron chi connectivity index (χ2n) is 3.94. The van der Waals surface area contributed by atoms with E-state index in [2.05, 4.69) is 18.7 Å². The Morgan fingerprint density at radius 1 is 1.25 bits per heavy atom. The van der Waals surface area contributed by atoms with Crippen LogP contribution >= 0.6 is 0 Å². The first-order chi connectivity index (χ1) is 5.77. The van der Waals surface area contributed by atoms with Crippen LogP contribution in [0.4, 0.5) is 0 Å². The molecule has 2 bridgehead atoms. The lowest BCUT2D eigenvalue weighted by molar-refractivity contribution is -0.0545. The average Bonchev–Trinajstić information content (AvgIpc) is 2.36. The van der Waals surface area contributed by atoms with E-state index in [0.29, 0.717) is 18.2 Å². The minimum atomic E-state index is 0.311. The van der Waals surface area contributed by atoms with Crippen molar-refractivity contribution in [1.29, 1.82) is 0 Å². The highest BCUT2D eigenvalue weighted by atomic mass is 16.5. The van der Waals surface area contributed by atoms with Crippen LogP contribution in [0.3, 0.4) is 0 Å². The first-order valence-electron chi connectivity index (χ1n) is 4.72. The Kier molecular flexibility index (Phi) is 2.35. The summed E-state index contributed by atoms with van der Waals surface area (Å²) in [5.74, 6) is 0. The second-order valence-corrected chi connectivity index (χ2v) is 3.94. The predicted molar refractivity (Wildman–Crippen MR) is 46.2 cm³/mol. The van der Waals surface area contributed by atoms with Gasteiger partial charge in [0.1, 0.15) is 0 Å². The van der Waals surface area contributed by atoms with Crippen molar-refractivity contribution in [2.75, 3.05) is 26.4 Å². The summed E-state index contributed by atoms with van der Waals surface area (Å²) < 4.78 is 11.1. The van der Waals surface area contributed by atoms with Crippen LogP contribution in [0, 0.1) is 0 Å². The quantitative estimate of drug-likeness (QED) is 0.573. The summed E-state index contributed by atoms with van der Waals surface area (Å²) in [6.07, 6.45) is 0.311. The zero-order chi connectivity index (χ0) is 8.55. The fraction of sp³-hybridized carbons (Fsp3) is 1.00. The Morgan fingerprint density at radius 3 is 2.83 bits per heavy atom. The number of nitrogens with zero attached hydrogens (tertiary/aromatic N) is 1. The standard InChI is InChI=1S/C9H17NO2/c1-7(2)10-3-9-6-11-4-8(10)5-12-9/h7-9H,3-6H2,1-2H3. The smallest absolute Gasteiger partial charge is 0.0936 e. The van der Waals surface area contributed by atoms with Crippen molar-refractivity contribution in [3.63, 3.8) is 0 Å². The minimum absolute atomic E-state index is 0.311. The van der Waals surface area contributed by atoms with Gasteiger partial charge in [0, 0.05) is 12.6 Å². The summed E-state index contributed by atoms with van der Waals surface area (Å²) in [4.78, 5) is 2.49. The van der Waals surface area contributed by atoms with Crippen molar-refractivity contribution in [2.45, 2.75) is 32.0 Å². The van der Waals surface area contributed by atoms with Crippen LogP contribution in [0.2, 0.25) is 0 Å². The molecule has 0 aromatic heterocycles. The third kappa shape index (κ3) is 1.49. The van der Waals surface area contributed by atoms with Crippen LogP contribution in [0.15, 0.2) is 0 Å². The fourth-order valence-electron chi connectivity index (χ4n) is 1.99. The highest BCUT2D eigenvalue weighted by Crippen LogP contribution is 2.19. The second kappa shape index (κ2) is 3.32. The van der Waals surface area contributed by atoms with Gasteiger partial charge in [-0.3, -0.25) is 4.90 Å². The minimum Gasteiger partial charge on any atom is -0.377 e. The first-order valence-corrected chi connectivity index (χ1v) is 4.72. The number of morpholine rings is 1.